The standard InChI is InChI=1S/C19H21N7O2S/c1-26(2)10-7-12-3-4-14(22-16(12)17(20)27)24-19(28)25-15-11-29-18(23-15)13-5-8-21-9-6-13/h3-6,8-9,11H,7,10H2,1-2H3,(H2,20,27)(H2,22,24,25,28). The van der Waals surface area contributed by atoms with Gasteiger partial charge in [0.15, 0.2) is 0 Å². The number of hydrogen-bond donors (Lipinski definition) is 3. The summed E-state index contributed by atoms with van der Waals surface area (Å²) < 4.78 is 0. The molecule has 0 unspecified atom stereocenters. The van der Waals surface area contributed by atoms with Crippen molar-refractivity contribution >= 4 is 34.9 Å². The molecule has 29 heavy (non-hydrogen) atoms. The first-order chi connectivity index (χ1) is 13.9. The third-order valence-electron chi connectivity index (χ3n) is 3.96. The number of aromatic nitrogens is 3. The molecule has 150 valence electrons. The van der Waals surface area contributed by atoms with E-state index in [0.29, 0.717) is 12.2 Å². The van der Waals surface area contributed by atoms with Gasteiger partial charge in [0.2, 0.25) is 0 Å². The molecular weight excluding hydrogens is 390 g/mol. The van der Waals surface area contributed by atoms with E-state index in [0.717, 1.165) is 22.7 Å². The lowest BCUT2D eigenvalue weighted by Crippen LogP contribution is -2.23. The fourth-order valence-corrected chi connectivity index (χ4v) is 3.30. The summed E-state index contributed by atoms with van der Waals surface area (Å²) in [6.45, 7) is 0.749. The lowest BCUT2D eigenvalue weighted by atomic mass is 10.1. The Kier molecular flexibility index (Phi) is 6.47. The van der Waals surface area contributed by atoms with Crippen LogP contribution in [0, 0.1) is 0 Å². The number of urea groups is 1. The second-order valence-corrected chi connectivity index (χ2v) is 7.33. The number of amides is 3. The van der Waals surface area contributed by atoms with Gasteiger partial charge in [-0.05, 0) is 44.3 Å². The first-order valence-corrected chi connectivity index (χ1v) is 9.68. The second kappa shape index (κ2) is 9.22. The fourth-order valence-electron chi connectivity index (χ4n) is 2.54. The van der Waals surface area contributed by atoms with E-state index in [2.05, 4.69) is 25.6 Å². The zero-order chi connectivity index (χ0) is 20.8. The van der Waals surface area contributed by atoms with E-state index in [9.17, 15) is 9.59 Å². The molecular formula is C19H21N7O2S. The van der Waals surface area contributed by atoms with Gasteiger partial charge in [0.05, 0.1) is 0 Å². The summed E-state index contributed by atoms with van der Waals surface area (Å²) in [4.78, 5) is 38.6. The monoisotopic (exact) mass is 411 g/mol. The number of pyridine rings is 2. The van der Waals surface area contributed by atoms with Crippen LogP contribution in [0.25, 0.3) is 10.6 Å². The van der Waals surface area contributed by atoms with Crippen molar-refractivity contribution in [2.75, 3.05) is 31.3 Å². The van der Waals surface area contributed by atoms with E-state index in [4.69, 9.17) is 5.73 Å². The normalized spacial score (nSPS) is 10.7. The minimum Gasteiger partial charge on any atom is -0.364 e. The first kappa shape index (κ1) is 20.4. The van der Waals surface area contributed by atoms with Gasteiger partial charge < -0.3 is 10.6 Å². The number of nitrogens with one attached hydrogen (secondary N) is 2. The molecule has 0 saturated heterocycles. The van der Waals surface area contributed by atoms with Gasteiger partial charge in [-0.2, -0.15) is 0 Å². The highest BCUT2D eigenvalue weighted by molar-refractivity contribution is 7.13. The topological polar surface area (TPSA) is 126 Å². The van der Waals surface area contributed by atoms with Gasteiger partial charge in [-0.1, -0.05) is 6.07 Å². The lowest BCUT2D eigenvalue weighted by molar-refractivity contribution is 0.0994. The molecule has 0 aliphatic heterocycles. The number of nitrogens with zero attached hydrogens (tertiary/aromatic N) is 4. The Morgan fingerprint density at radius 1 is 1.07 bits per heavy atom. The Bertz CT molecular complexity index is 1000. The third-order valence-corrected chi connectivity index (χ3v) is 4.85. The number of rotatable bonds is 7. The number of thiazole rings is 1. The minimum atomic E-state index is -0.635. The molecule has 10 heteroatoms. The van der Waals surface area contributed by atoms with Gasteiger partial charge in [0.1, 0.15) is 22.3 Å². The van der Waals surface area contributed by atoms with Crippen LogP contribution in [0.4, 0.5) is 16.4 Å². The SMILES string of the molecule is CN(C)CCc1ccc(NC(=O)Nc2csc(-c3ccncc3)n2)nc1C(N)=O. The Balaban J connectivity index is 1.67. The molecule has 9 nitrogen and oxygen atoms in total. The van der Waals surface area contributed by atoms with Gasteiger partial charge >= 0.3 is 6.03 Å². The van der Waals surface area contributed by atoms with Gasteiger partial charge in [-0.15, -0.1) is 11.3 Å². The Labute approximate surface area is 172 Å². The minimum absolute atomic E-state index is 0.151. The quantitative estimate of drug-likeness (QED) is 0.548. The van der Waals surface area contributed by atoms with Crippen LogP contribution in [-0.4, -0.2) is 52.4 Å². The van der Waals surface area contributed by atoms with E-state index in [1.165, 1.54) is 11.3 Å². The van der Waals surface area contributed by atoms with Crippen LogP contribution < -0.4 is 16.4 Å². The summed E-state index contributed by atoms with van der Waals surface area (Å²) in [7, 11) is 3.88. The zero-order valence-electron chi connectivity index (χ0n) is 16.0. The van der Waals surface area contributed by atoms with Crippen molar-refractivity contribution < 1.29 is 9.59 Å². The van der Waals surface area contributed by atoms with Crippen molar-refractivity contribution in [1.82, 2.24) is 19.9 Å². The molecule has 3 amide bonds. The average Bonchev–Trinajstić information content (AvgIpc) is 3.15. The maximum absolute atomic E-state index is 12.3. The van der Waals surface area contributed by atoms with Gasteiger partial charge in [0, 0.05) is 29.9 Å². The van der Waals surface area contributed by atoms with Crippen molar-refractivity contribution in [2.24, 2.45) is 5.73 Å². The van der Waals surface area contributed by atoms with Gasteiger partial charge in [0.25, 0.3) is 5.91 Å². The molecule has 0 bridgehead atoms. The van der Waals surface area contributed by atoms with E-state index < -0.39 is 11.9 Å². The number of carbonyl (C=O) groups excluding carboxylic acids is 2. The first-order valence-electron chi connectivity index (χ1n) is 8.81. The zero-order valence-corrected chi connectivity index (χ0v) is 16.9. The van der Waals surface area contributed by atoms with Crippen LogP contribution in [0.15, 0.2) is 42.0 Å². The predicted molar refractivity (Wildman–Crippen MR) is 113 cm³/mol. The molecule has 3 heterocycles. The van der Waals surface area contributed by atoms with Crippen molar-refractivity contribution in [1.29, 1.82) is 0 Å². The molecule has 0 saturated carbocycles. The molecule has 3 aromatic rings. The molecule has 3 aromatic heterocycles. The number of likely N-dealkylation sites (N-methyl/N-ethyl adjacent to an activating group) is 1. The smallest absolute Gasteiger partial charge is 0.326 e. The van der Waals surface area contributed by atoms with Gasteiger partial charge in [-0.3, -0.25) is 20.4 Å². The summed E-state index contributed by atoms with van der Waals surface area (Å²) in [5, 5.41) is 7.76. The van der Waals surface area contributed by atoms with Crippen LogP contribution in [0.1, 0.15) is 16.1 Å². The summed E-state index contributed by atoms with van der Waals surface area (Å²) in [6, 6.07) is 6.56. The molecule has 0 aliphatic carbocycles. The molecule has 0 aromatic carbocycles. The number of carbonyl (C=O) groups is 2. The van der Waals surface area contributed by atoms with Crippen molar-refractivity contribution in [3.63, 3.8) is 0 Å². The Hall–Kier alpha value is -3.37. The fraction of sp³-hybridized carbons (Fsp3) is 0.211. The highest BCUT2D eigenvalue weighted by Gasteiger charge is 2.14. The van der Waals surface area contributed by atoms with Crippen LogP contribution >= 0.6 is 11.3 Å². The Morgan fingerprint density at radius 2 is 1.79 bits per heavy atom. The maximum Gasteiger partial charge on any atom is 0.326 e. The molecule has 0 fully saturated rings. The molecule has 0 atom stereocenters. The summed E-state index contributed by atoms with van der Waals surface area (Å²) in [5.74, 6) is 0.0100. The summed E-state index contributed by atoms with van der Waals surface area (Å²) in [5.41, 5.74) is 7.25. The van der Waals surface area contributed by atoms with Crippen LogP contribution in [0.3, 0.4) is 0 Å². The van der Waals surface area contributed by atoms with Crippen molar-refractivity contribution in [2.45, 2.75) is 6.42 Å². The van der Waals surface area contributed by atoms with E-state index >= 15 is 0 Å². The number of hydrogen-bond acceptors (Lipinski definition) is 7. The lowest BCUT2D eigenvalue weighted by Gasteiger charge is -2.12. The molecule has 0 aliphatic rings. The molecule has 0 radical (unpaired) electrons. The maximum atomic E-state index is 12.3. The van der Waals surface area contributed by atoms with E-state index in [1.54, 1.807) is 29.9 Å². The summed E-state index contributed by atoms with van der Waals surface area (Å²) >= 11 is 1.40. The van der Waals surface area contributed by atoms with Crippen molar-refractivity contribution in [3.8, 4) is 10.6 Å². The highest BCUT2D eigenvalue weighted by atomic mass is 32.1. The molecule has 3 rings (SSSR count). The highest BCUT2D eigenvalue weighted by Crippen LogP contribution is 2.25. The van der Waals surface area contributed by atoms with Crippen LogP contribution in [0.5, 0.6) is 0 Å². The van der Waals surface area contributed by atoms with E-state index in [-0.39, 0.29) is 11.5 Å². The van der Waals surface area contributed by atoms with Crippen LogP contribution in [-0.2, 0) is 6.42 Å². The second-order valence-electron chi connectivity index (χ2n) is 6.47. The third kappa shape index (κ3) is 5.56. The predicted octanol–water partition coefficient (Wildman–Crippen LogP) is 2.45. The van der Waals surface area contributed by atoms with E-state index in [1.807, 2.05) is 31.1 Å². The summed E-state index contributed by atoms with van der Waals surface area (Å²) in [6.07, 6.45) is 3.99. The number of primary amides is 1. The van der Waals surface area contributed by atoms with Crippen LogP contribution in [0.2, 0.25) is 0 Å². The molecule has 0 spiro atoms. The van der Waals surface area contributed by atoms with Gasteiger partial charge in [-0.25, -0.2) is 14.8 Å². The number of nitrogens with two attached hydrogens (primary N) is 1. The average molecular weight is 411 g/mol. The number of anilines is 2. The molecule has 4 N–H and O–H groups in total. The largest absolute Gasteiger partial charge is 0.364 e. The van der Waals surface area contributed by atoms with Crippen molar-refractivity contribution in [3.05, 3.63) is 53.3 Å². The Morgan fingerprint density at radius 3 is 2.48 bits per heavy atom.